The Bertz CT molecular complexity index is 916. The third-order valence-electron chi connectivity index (χ3n) is 3.78. The summed E-state index contributed by atoms with van der Waals surface area (Å²) < 4.78 is 6.00. The van der Waals surface area contributed by atoms with Crippen LogP contribution in [0.15, 0.2) is 51.3 Å². The molecule has 1 fully saturated rings. The largest absolute Gasteiger partial charge is 0.360 e. The number of hydrogen-bond acceptors (Lipinski definition) is 7. The van der Waals surface area contributed by atoms with Crippen LogP contribution in [0.4, 0.5) is 5.13 Å². The third-order valence-corrected chi connectivity index (χ3v) is 5.71. The number of anilines is 1. The van der Waals surface area contributed by atoms with Gasteiger partial charge in [-0.05, 0) is 18.4 Å². The highest BCUT2D eigenvalue weighted by Gasteiger charge is 2.29. The van der Waals surface area contributed by atoms with Crippen LogP contribution in [0.1, 0.15) is 40.6 Å². The molecule has 2 heterocycles. The predicted molar refractivity (Wildman–Crippen MR) is 103 cm³/mol. The first-order valence-corrected chi connectivity index (χ1v) is 10.0. The quantitative estimate of drug-likeness (QED) is 0.478. The van der Waals surface area contributed by atoms with Gasteiger partial charge < -0.3 is 4.52 Å². The summed E-state index contributed by atoms with van der Waals surface area (Å²) in [6.07, 6.45) is 6.35. The molecule has 26 heavy (non-hydrogen) atoms. The van der Waals surface area contributed by atoms with Crippen molar-refractivity contribution in [3.05, 3.63) is 59.5 Å². The lowest BCUT2D eigenvalue weighted by molar-refractivity contribution is 0.101. The number of carbonyl (C=O) groups is 1. The highest BCUT2D eigenvalue weighted by Crippen LogP contribution is 2.40. The van der Waals surface area contributed by atoms with Gasteiger partial charge in [0.1, 0.15) is 5.76 Å². The van der Waals surface area contributed by atoms with E-state index < -0.39 is 0 Å². The van der Waals surface area contributed by atoms with Gasteiger partial charge in [0.05, 0.1) is 0 Å². The van der Waals surface area contributed by atoms with Gasteiger partial charge in [-0.1, -0.05) is 70.7 Å². The highest BCUT2D eigenvalue weighted by atomic mass is 32.2. The molecule has 0 radical (unpaired) electrons. The van der Waals surface area contributed by atoms with Crippen molar-refractivity contribution >= 4 is 40.2 Å². The van der Waals surface area contributed by atoms with E-state index in [1.807, 2.05) is 18.2 Å². The fourth-order valence-corrected chi connectivity index (χ4v) is 3.89. The number of aromatic nitrogens is 3. The van der Waals surface area contributed by atoms with Crippen molar-refractivity contribution in [2.24, 2.45) is 0 Å². The second-order valence-electron chi connectivity index (χ2n) is 5.84. The Morgan fingerprint density at radius 1 is 1.31 bits per heavy atom. The van der Waals surface area contributed by atoms with E-state index in [-0.39, 0.29) is 11.6 Å². The summed E-state index contributed by atoms with van der Waals surface area (Å²) >= 11 is 2.92. The Morgan fingerprint density at radius 3 is 2.96 bits per heavy atom. The monoisotopic (exact) mass is 384 g/mol. The summed E-state index contributed by atoms with van der Waals surface area (Å²) in [5, 5.41) is 15.1. The SMILES string of the molecule is O=C(Nc1nnc(SC/C=C/c2ccccc2)s1)c1cc(C2CC2)on1. The van der Waals surface area contributed by atoms with Crippen molar-refractivity contribution in [1.29, 1.82) is 0 Å². The number of hydrogen-bond donors (Lipinski definition) is 1. The summed E-state index contributed by atoms with van der Waals surface area (Å²) in [7, 11) is 0. The second-order valence-corrected chi connectivity index (χ2v) is 8.08. The number of benzene rings is 1. The Kier molecular flexibility index (Phi) is 5.12. The Labute approximate surface area is 158 Å². The average Bonchev–Trinajstić information content (AvgIpc) is 3.22. The molecular weight excluding hydrogens is 368 g/mol. The lowest BCUT2D eigenvalue weighted by Crippen LogP contribution is -2.11. The van der Waals surface area contributed by atoms with Crippen LogP contribution in [-0.2, 0) is 0 Å². The maximum atomic E-state index is 12.2. The van der Waals surface area contributed by atoms with E-state index in [9.17, 15) is 4.79 Å². The number of rotatable bonds is 7. The van der Waals surface area contributed by atoms with Gasteiger partial charge in [0.15, 0.2) is 10.0 Å². The fourth-order valence-electron chi connectivity index (χ4n) is 2.30. The molecule has 3 aromatic rings. The van der Waals surface area contributed by atoms with Crippen molar-refractivity contribution in [3.8, 4) is 0 Å². The van der Waals surface area contributed by atoms with Crippen molar-refractivity contribution in [2.75, 3.05) is 11.1 Å². The summed E-state index contributed by atoms with van der Waals surface area (Å²) in [5.41, 5.74) is 1.44. The molecule has 0 spiro atoms. The normalized spacial score (nSPS) is 14.0. The molecule has 1 aromatic carbocycles. The maximum absolute atomic E-state index is 12.2. The summed E-state index contributed by atoms with van der Waals surface area (Å²) in [6.45, 7) is 0. The zero-order chi connectivity index (χ0) is 17.8. The van der Waals surface area contributed by atoms with Gasteiger partial charge in [0.25, 0.3) is 5.91 Å². The number of nitrogens with zero attached hydrogens (tertiary/aromatic N) is 3. The van der Waals surface area contributed by atoms with Crippen molar-refractivity contribution in [2.45, 2.75) is 23.1 Å². The highest BCUT2D eigenvalue weighted by molar-refractivity contribution is 8.01. The minimum absolute atomic E-state index is 0.280. The lowest BCUT2D eigenvalue weighted by atomic mass is 10.2. The van der Waals surface area contributed by atoms with Gasteiger partial charge in [0, 0.05) is 17.7 Å². The van der Waals surface area contributed by atoms with E-state index in [2.05, 4.69) is 45.0 Å². The molecule has 8 heteroatoms. The topological polar surface area (TPSA) is 80.9 Å². The molecule has 0 bridgehead atoms. The van der Waals surface area contributed by atoms with Gasteiger partial charge in [-0.3, -0.25) is 10.1 Å². The molecular formula is C18H16N4O2S2. The van der Waals surface area contributed by atoms with E-state index in [4.69, 9.17) is 4.52 Å². The van der Waals surface area contributed by atoms with E-state index in [0.29, 0.717) is 11.0 Å². The first-order chi connectivity index (χ1) is 12.8. The van der Waals surface area contributed by atoms with Crippen LogP contribution in [0.5, 0.6) is 0 Å². The standard InChI is InChI=1S/C18H16N4O2S2/c23-16(14-11-15(24-22-14)13-8-9-13)19-17-20-21-18(26-17)25-10-4-7-12-5-2-1-3-6-12/h1-7,11,13H,8-10H2,(H,19,20,23)/b7-4+. The fraction of sp³-hybridized carbons (Fsp3) is 0.222. The minimum atomic E-state index is -0.322. The van der Waals surface area contributed by atoms with Gasteiger partial charge >= 0.3 is 0 Å². The molecule has 0 atom stereocenters. The van der Waals surface area contributed by atoms with E-state index in [1.165, 1.54) is 11.3 Å². The van der Waals surface area contributed by atoms with Gasteiger partial charge in [-0.2, -0.15) is 0 Å². The lowest BCUT2D eigenvalue weighted by Gasteiger charge is -1.95. The van der Waals surface area contributed by atoms with Gasteiger partial charge in [0.2, 0.25) is 5.13 Å². The van der Waals surface area contributed by atoms with Crippen molar-refractivity contribution in [1.82, 2.24) is 15.4 Å². The summed E-state index contributed by atoms with van der Waals surface area (Å²) in [5.74, 6) is 1.68. The second kappa shape index (κ2) is 7.84. The number of thioether (sulfide) groups is 1. The van der Waals surface area contributed by atoms with Gasteiger partial charge in [-0.25, -0.2) is 0 Å². The zero-order valence-electron chi connectivity index (χ0n) is 13.8. The number of amides is 1. The average molecular weight is 384 g/mol. The van der Waals surface area contributed by atoms with Crippen LogP contribution < -0.4 is 5.32 Å². The molecule has 0 aliphatic heterocycles. The molecule has 0 saturated heterocycles. The Hall–Kier alpha value is -2.45. The third kappa shape index (κ3) is 4.39. The van der Waals surface area contributed by atoms with Crippen LogP contribution in [0.2, 0.25) is 0 Å². The first-order valence-electron chi connectivity index (χ1n) is 8.24. The van der Waals surface area contributed by atoms with Crippen molar-refractivity contribution < 1.29 is 9.32 Å². The number of nitrogens with one attached hydrogen (secondary N) is 1. The molecule has 132 valence electrons. The molecule has 1 aliphatic carbocycles. The van der Waals surface area contributed by atoms with Crippen LogP contribution in [-0.4, -0.2) is 27.0 Å². The number of carbonyl (C=O) groups excluding carboxylic acids is 1. The molecule has 4 rings (SSSR count). The van der Waals surface area contributed by atoms with E-state index in [0.717, 1.165) is 34.3 Å². The molecule has 6 nitrogen and oxygen atoms in total. The Balaban J connectivity index is 1.28. The minimum Gasteiger partial charge on any atom is -0.360 e. The van der Waals surface area contributed by atoms with Crippen LogP contribution in [0.3, 0.4) is 0 Å². The molecule has 1 amide bonds. The van der Waals surface area contributed by atoms with E-state index >= 15 is 0 Å². The van der Waals surface area contributed by atoms with E-state index in [1.54, 1.807) is 17.8 Å². The molecule has 1 aliphatic rings. The smallest absolute Gasteiger partial charge is 0.279 e. The maximum Gasteiger partial charge on any atom is 0.279 e. The van der Waals surface area contributed by atoms with Crippen molar-refractivity contribution in [3.63, 3.8) is 0 Å². The van der Waals surface area contributed by atoms with Gasteiger partial charge in [-0.15, -0.1) is 10.2 Å². The zero-order valence-corrected chi connectivity index (χ0v) is 15.4. The molecule has 0 unspecified atom stereocenters. The summed E-state index contributed by atoms with van der Waals surface area (Å²) in [6, 6.07) is 11.8. The predicted octanol–water partition coefficient (Wildman–Crippen LogP) is 4.46. The van der Waals surface area contributed by atoms with Crippen LogP contribution in [0.25, 0.3) is 6.08 Å². The van der Waals surface area contributed by atoms with Crippen LogP contribution in [0, 0.1) is 0 Å². The molecule has 1 saturated carbocycles. The molecule has 1 N–H and O–H groups in total. The Morgan fingerprint density at radius 2 is 2.15 bits per heavy atom. The summed E-state index contributed by atoms with van der Waals surface area (Å²) in [4.78, 5) is 12.2. The molecule has 2 aromatic heterocycles. The van der Waals surface area contributed by atoms with Crippen LogP contribution >= 0.6 is 23.1 Å². The first kappa shape index (κ1) is 17.0.